The Morgan fingerprint density at radius 3 is 1.16 bits per heavy atom. The highest BCUT2D eigenvalue weighted by Gasteiger charge is 2.23. The van der Waals surface area contributed by atoms with Gasteiger partial charge in [0.15, 0.2) is 17.5 Å². The van der Waals surface area contributed by atoms with Gasteiger partial charge in [-0.3, -0.25) is 0 Å². The third kappa shape index (κ3) is 7.54. The van der Waals surface area contributed by atoms with Gasteiger partial charge < -0.3 is 0 Å². The van der Waals surface area contributed by atoms with Gasteiger partial charge in [-0.05, 0) is 68.6 Å². The van der Waals surface area contributed by atoms with Crippen LogP contribution in [-0.4, -0.2) is 24.6 Å². The minimum absolute atomic E-state index is 0.597. The molecule has 12 aromatic rings. The first-order valence-electron chi connectivity index (χ1n) is 22.6. The van der Waals surface area contributed by atoms with Crippen molar-refractivity contribution < 1.29 is 0 Å². The molecule has 0 spiro atoms. The molecule has 0 aliphatic rings. The van der Waals surface area contributed by atoms with Crippen molar-refractivity contribution >= 4 is 16.3 Å². The smallest absolute Gasteiger partial charge is 0.164 e. The van der Waals surface area contributed by atoms with Crippen LogP contribution in [0.15, 0.2) is 249 Å². The van der Waals surface area contributed by atoms with Crippen molar-refractivity contribution in [3.63, 3.8) is 0 Å². The van der Waals surface area contributed by atoms with Gasteiger partial charge in [-0.1, -0.05) is 224 Å². The minimum atomic E-state index is 0.597. The molecule has 67 heavy (non-hydrogen) atoms. The minimum Gasteiger partial charge on any atom is -0.231 e. The summed E-state index contributed by atoms with van der Waals surface area (Å²) in [7, 11) is 0. The summed E-state index contributed by atoms with van der Waals surface area (Å²) in [5.41, 5.74) is 16.7. The van der Waals surface area contributed by atoms with Crippen molar-refractivity contribution in [1.29, 1.82) is 0 Å². The van der Waals surface area contributed by atoms with Crippen LogP contribution in [-0.2, 0) is 0 Å². The highest BCUT2D eigenvalue weighted by molar-refractivity contribution is 6.12. The molecule has 0 aliphatic carbocycles. The van der Waals surface area contributed by atoms with Gasteiger partial charge in [-0.25, -0.2) is 19.5 Å². The fourth-order valence-electron chi connectivity index (χ4n) is 9.23. The first kappa shape index (κ1) is 39.5. The largest absolute Gasteiger partial charge is 0.231 e. The van der Waals surface area contributed by atoms with Gasteiger partial charge >= 0.3 is 0 Å². The topological polar surface area (TPSA) is 56.0 Å². The maximum atomic E-state index is 5.45. The Kier molecular flexibility index (Phi) is 10.1. The molecule has 0 bridgehead atoms. The third-order valence-corrected chi connectivity index (χ3v) is 12.5. The standard InChI is InChI=1S/C62H41N5/c1-6-20-42(21-7-1)47-30-16-33-50(38-47)60-63-61(51-34-17-31-48(39-51)43-22-8-2-9-23-43)65-62(64-60)52-35-18-32-49(40-52)53-36-19-37-54-55(53)41-56(44-24-10-3-11-25-44)67-59(54)57(45-26-12-4-13-27-45)58(66-67)46-28-14-5-15-29-46/h1-41H. The number of rotatable bonds is 9. The maximum absolute atomic E-state index is 5.45. The van der Waals surface area contributed by atoms with Crippen LogP contribution in [0, 0.1) is 0 Å². The Hall–Kier alpha value is -9.06. The van der Waals surface area contributed by atoms with E-state index in [0.717, 1.165) is 100 Å². The molecule has 0 unspecified atom stereocenters. The SMILES string of the molecule is c1ccc(-c2cccc(-c3nc(-c4cccc(-c5ccccc5)c4)nc(-c4cccc(-c5cccc6c5cc(-c5ccccc5)n5nc(-c7ccccc7)c(-c7ccccc7)c65)c4)n3)c2)cc1. The van der Waals surface area contributed by atoms with E-state index in [2.05, 4.69) is 241 Å². The van der Waals surface area contributed by atoms with E-state index in [0.29, 0.717) is 17.5 Å². The fourth-order valence-corrected chi connectivity index (χ4v) is 9.23. The molecule has 12 rings (SSSR count). The van der Waals surface area contributed by atoms with E-state index in [1.54, 1.807) is 0 Å². The molecule has 0 amide bonds. The highest BCUT2D eigenvalue weighted by atomic mass is 15.2. The van der Waals surface area contributed by atoms with Crippen LogP contribution >= 0.6 is 0 Å². The van der Waals surface area contributed by atoms with Crippen molar-refractivity contribution in [2.45, 2.75) is 0 Å². The van der Waals surface area contributed by atoms with E-state index in [1.807, 2.05) is 12.1 Å². The average molecular weight is 856 g/mol. The molecule has 5 heteroatoms. The first-order chi connectivity index (χ1) is 33.2. The van der Waals surface area contributed by atoms with Gasteiger partial charge in [-0.15, -0.1) is 0 Å². The summed E-state index contributed by atoms with van der Waals surface area (Å²) in [5, 5.41) is 7.68. The number of aromatic nitrogens is 5. The molecule has 9 aromatic carbocycles. The average Bonchev–Trinajstić information content (AvgIpc) is 3.83. The van der Waals surface area contributed by atoms with Gasteiger partial charge in [0.2, 0.25) is 0 Å². The lowest BCUT2D eigenvalue weighted by molar-refractivity contribution is 0.979. The number of hydrogen-bond donors (Lipinski definition) is 0. The zero-order chi connectivity index (χ0) is 44.5. The van der Waals surface area contributed by atoms with E-state index < -0.39 is 0 Å². The number of nitrogens with zero attached hydrogens (tertiary/aromatic N) is 5. The molecule has 0 aliphatic heterocycles. The van der Waals surface area contributed by atoms with Crippen LogP contribution in [0.1, 0.15) is 0 Å². The number of fused-ring (bicyclic) bond motifs is 3. The van der Waals surface area contributed by atoms with Gasteiger partial charge in [0.05, 0.1) is 11.2 Å². The molecule has 0 fully saturated rings. The van der Waals surface area contributed by atoms with E-state index in [1.165, 1.54) is 0 Å². The van der Waals surface area contributed by atoms with Crippen LogP contribution in [0.5, 0.6) is 0 Å². The van der Waals surface area contributed by atoms with Gasteiger partial charge in [0.25, 0.3) is 0 Å². The summed E-state index contributed by atoms with van der Waals surface area (Å²) >= 11 is 0. The van der Waals surface area contributed by atoms with Crippen molar-refractivity contribution in [3.05, 3.63) is 249 Å². The third-order valence-electron chi connectivity index (χ3n) is 12.5. The van der Waals surface area contributed by atoms with Crippen molar-refractivity contribution in [2.75, 3.05) is 0 Å². The predicted molar refractivity (Wildman–Crippen MR) is 275 cm³/mol. The van der Waals surface area contributed by atoms with Crippen LogP contribution in [0.2, 0.25) is 0 Å². The molecule has 0 N–H and O–H groups in total. The fraction of sp³-hybridized carbons (Fsp3) is 0. The Bertz CT molecular complexity index is 3620. The monoisotopic (exact) mass is 855 g/mol. The second kappa shape index (κ2) is 17.1. The number of pyridine rings is 1. The van der Waals surface area contributed by atoms with E-state index in [-0.39, 0.29) is 0 Å². The first-order valence-corrected chi connectivity index (χ1v) is 22.6. The Labute approximate surface area is 389 Å². The van der Waals surface area contributed by atoms with Crippen molar-refractivity contribution in [1.82, 2.24) is 24.6 Å². The molecule has 0 atom stereocenters. The highest BCUT2D eigenvalue weighted by Crippen LogP contribution is 2.43. The van der Waals surface area contributed by atoms with Gasteiger partial charge in [0, 0.05) is 38.8 Å². The Balaban J connectivity index is 1.06. The zero-order valence-corrected chi connectivity index (χ0v) is 36.4. The zero-order valence-electron chi connectivity index (χ0n) is 36.4. The lowest BCUT2D eigenvalue weighted by Crippen LogP contribution is -2.00. The van der Waals surface area contributed by atoms with Crippen LogP contribution < -0.4 is 0 Å². The lowest BCUT2D eigenvalue weighted by atomic mass is 9.93. The molecular formula is C62H41N5. The molecule has 314 valence electrons. The van der Waals surface area contributed by atoms with Crippen LogP contribution in [0.25, 0.3) is 117 Å². The van der Waals surface area contributed by atoms with Crippen LogP contribution in [0.3, 0.4) is 0 Å². The van der Waals surface area contributed by atoms with E-state index in [4.69, 9.17) is 20.1 Å². The summed E-state index contributed by atoms with van der Waals surface area (Å²) in [6, 6.07) is 87.0. The molecule has 0 radical (unpaired) electrons. The van der Waals surface area contributed by atoms with Gasteiger partial charge in [-0.2, -0.15) is 5.10 Å². The van der Waals surface area contributed by atoms with E-state index >= 15 is 0 Å². The summed E-state index contributed by atoms with van der Waals surface area (Å²) in [4.78, 5) is 15.7. The van der Waals surface area contributed by atoms with Gasteiger partial charge in [0.1, 0.15) is 5.69 Å². The Morgan fingerprint density at radius 2 is 0.657 bits per heavy atom. The number of benzene rings is 9. The predicted octanol–water partition coefficient (Wildman–Crippen LogP) is 15.7. The molecule has 0 saturated heterocycles. The quantitative estimate of drug-likeness (QED) is 0.145. The second-order valence-electron chi connectivity index (χ2n) is 16.7. The van der Waals surface area contributed by atoms with Crippen molar-refractivity contribution in [2.24, 2.45) is 0 Å². The normalized spacial score (nSPS) is 11.3. The Morgan fingerprint density at radius 1 is 0.269 bits per heavy atom. The maximum Gasteiger partial charge on any atom is 0.164 e. The molecule has 3 heterocycles. The molecule has 0 saturated carbocycles. The second-order valence-corrected chi connectivity index (χ2v) is 16.7. The van der Waals surface area contributed by atoms with E-state index in [9.17, 15) is 0 Å². The van der Waals surface area contributed by atoms with Crippen molar-refractivity contribution in [3.8, 4) is 101 Å². The molecule has 3 aromatic heterocycles. The lowest BCUT2D eigenvalue weighted by Gasteiger charge is -2.15. The summed E-state index contributed by atoms with van der Waals surface area (Å²) < 4.78 is 2.15. The molecular weight excluding hydrogens is 815 g/mol. The van der Waals surface area contributed by atoms with Crippen LogP contribution in [0.4, 0.5) is 0 Å². The molecule has 5 nitrogen and oxygen atoms in total. The summed E-state index contributed by atoms with van der Waals surface area (Å²) in [6.45, 7) is 0. The number of hydrogen-bond acceptors (Lipinski definition) is 4. The summed E-state index contributed by atoms with van der Waals surface area (Å²) in [6.07, 6.45) is 0. The summed E-state index contributed by atoms with van der Waals surface area (Å²) in [5.74, 6) is 1.81.